The van der Waals surface area contributed by atoms with Crippen LogP contribution in [0.1, 0.15) is 22.8 Å². The van der Waals surface area contributed by atoms with Crippen molar-refractivity contribution < 1.29 is 13.2 Å². The molecule has 0 saturated carbocycles. The second-order valence-corrected chi connectivity index (χ2v) is 6.98. The molecule has 2 rings (SSSR count). The number of para-hydroxylation sites is 1. The molecule has 0 aromatic heterocycles. The number of halogens is 1. The van der Waals surface area contributed by atoms with Crippen LogP contribution in [0.25, 0.3) is 0 Å². The molecule has 2 aromatic rings. The molecule has 1 amide bonds. The van der Waals surface area contributed by atoms with Crippen molar-refractivity contribution in [2.45, 2.75) is 18.7 Å². The Kier molecular flexibility index (Phi) is 5.28. The molecule has 122 valence electrons. The number of rotatable bonds is 5. The van der Waals surface area contributed by atoms with Crippen LogP contribution in [0.4, 0.5) is 5.69 Å². The summed E-state index contributed by atoms with van der Waals surface area (Å²) in [5, 5.41) is 2.68. The maximum atomic E-state index is 12.6. The smallest absolute Gasteiger partial charge is 0.263 e. The van der Waals surface area contributed by atoms with Crippen LogP contribution >= 0.6 is 11.6 Å². The topological polar surface area (TPSA) is 75.3 Å². The summed E-state index contributed by atoms with van der Waals surface area (Å²) in [6, 6.07) is 11.2. The molecule has 2 N–H and O–H groups in total. The van der Waals surface area contributed by atoms with Crippen molar-refractivity contribution in [3.8, 4) is 0 Å². The molecular weight excluding hydrogens is 336 g/mol. The van der Waals surface area contributed by atoms with Crippen molar-refractivity contribution in [1.82, 2.24) is 5.32 Å². The van der Waals surface area contributed by atoms with Gasteiger partial charge in [-0.2, -0.15) is 0 Å². The lowest BCUT2D eigenvalue weighted by atomic mass is 10.2. The van der Waals surface area contributed by atoms with Gasteiger partial charge >= 0.3 is 0 Å². The normalized spacial score (nSPS) is 11.1. The van der Waals surface area contributed by atoms with E-state index in [1.54, 1.807) is 32.0 Å². The minimum absolute atomic E-state index is 0.0548. The summed E-state index contributed by atoms with van der Waals surface area (Å²) in [6.07, 6.45) is 0. The maximum Gasteiger partial charge on any atom is 0.263 e. The first-order valence-electron chi connectivity index (χ1n) is 7.01. The van der Waals surface area contributed by atoms with Crippen molar-refractivity contribution in [2.24, 2.45) is 0 Å². The quantitative estimate of drug-likeness (QED) is 0.867. The van der Waals surface area contributed by atoms with Gasteiger partial charge in [-0.1, -0.05) is 29.8 Å². The molecule has 0 saturated heterocycles. The van der Waals surface area contributed by atoms with Gasteiger partial charge in [-0.3, -0.25) is 9.52 Å². The minimum atomic E-state index is -3.90. The molecule has 0 bridgehead atoms. The Hall–Kier alpha value is -2.05. The Morgan fingerprint density at radius 2 is 1.87 bits per heavy atom. The van der Waals surface area contributed by atoms with Crippen molar-refractivity contribution in [2.75, 3.05) is 11.3 Å². The molecule has 0 heterocycles. The number of carbonyl (C=O) groups is 1. The Morgan fingerprint density at radius 1 is 1.17 bits per heavy atom. The molecule has 0 aliphatic carbocycles. The maximum absolute atomic E-state index is 12.6. The van der Waals surface area contributed by atoms with Crippen molar-refractivity contribution in [3.63, 3.8) is 0 Å². The molecule has 0 fully saturated rings. The van der Waals surface area contributed by atoms with Gasteiger partial charge in [0.05, 0.1) is 10.7 Å². The van der Waals surface area contributed by atoms with E-state index in [-0.39, 0.29) is 21.4 Å². The van der Waals surface area contributed by atoms with Crippen LogP contribution in [0.5, 0.6) is 0 Å². The van der Waals surface area contributed by atoms with E-state index >= 15 is 0 Å². The highest BCUT2D eigenvalue weighted by Gasteiger charge is 2.20. The van der Waals surface area contributed by atoms with Crippen LogP contribution in [0.2, 0.25) is 5.02 Å². The molecule has 5 nitrogen and oxygen atoms in total. The van der Waals surface area contributed by atoms with Crippen LogP contribution in [-0.4, -0.2) is 20.9 Å². The van der Waals surface area contributed by atoms with E-state index in [1.807, 2.05) is 6.07 Å². The van der Waals surface area contributed by atoms with Crippen molar-refractivity contribution >= 4 is 33.2 Å². The molecule has 0 aliphatic heterocycles. The molecule has 0 aliphatic rings. The van der Waals surface area contributed by atoms with Gasteiger partial charge in [-0.05, 0) is 43.7 Å². The van der Waals surface area contributed by atoms with Gasteiger partial charge in [0.15, 0.2) is 0 Å². The fourth-order valence-electron chi connectivity index (χ4n) is 2.00. The number of benzene rings is 2. The Bertz CT molecular complexity index is 835. The minimum Gasteiger partial charge on any atom is -0.352 e. The zero-order valence-electron chi connectivity index (χ0n) is 12.8. The van der Waals surface area contributed by atoms with Crippen LogP contribution in [-0.2, 0) is 10.0 Å². The van der Waals surface area contributed by atoms with Gasteiger partial charge < -0.3 is 5.32 Å². The second kappa shape index (κ2) is 7.02. The molecule has 0 unspecified atom stereocenters. The monoisotopic (exact) mass is 352 g/mol. The van der Waals surface area contributed by atoms with Gasteiger partial charge in [0, 0.05) is 12.1 Å². The number of hydrogen-bond donors (Lipinski definition) is 2. The van der Waals surface area contributed by atoms with E-state index in [0.29, 0.717) is 12.2 Å². The van der Waals surface area contributed by atoms with Gasteiger partial charge in [-0.25, -0.2) is 8.42 Å². The molecule has 0 atom stereocenters. The lowest BCUT2D eigenvalue weighted by molar-refractivity contribution is 0.0955. The number of hydrogen-bond acceptors (Lipinski definition) is 3. The summed E-state index contributed by atoms with van der Waals surface area (Å²) < 4.78 is 27.7. The number of amides is 1. The summed E-state index contributed by atoms with van der Waals surface area (Å²) >= 11 is 6.02. The highest BCUT2D eigenvalue weighted by Crippen LogP contribution is 2.26. The predicted molar refractivity (Wildman–Crippen MR) is 91.4 cm³/mol. The van der Waals surface area contributed by atoms with E-state index in [9.17, 15) is 13.2 Å². The largest absolute Gasteiger partial charge is 0.352 e. The SMILES string of the molecule is CCNC(=O)c1ccc(Cl)c(S(=O)(=O)Nc2ccccc2C)c1. The standard InChI is InChI=1S/C16H17ClN2O3S/c1-3-18-16(20)12-8-9-13(17)15(10-12)23(21,22)19-14-7-5-4-6-11(14)2/h4-10,19H,3H2,1-2H3,(H,18,20). The summed E-state index contributed by atoms with van der Waals surface area (Å²) in [5.74, 6) is -0.350. The lowest BCUT2D eigenvalue weighted by Gasteiger charge is -2.12. The zero-order valence-corrected chi connectivity index (χ0v) is 14.3. The van der Waals surface area contributed by atoms with Gasteiger partial charge in [0.25, 0.3) is 15.9 Å². The average Bonchev–Trinajstić information content (AvgIpc) is 2.50. The first kappa shape index (κ1) is 17.3. The highest BCUT2D eigenvalue weighted by atomic mass is 35.5. The summed E-state index contributed by atoms with van der Waals surface area (Å²) in [4.78, 5) is 11.7. The average molecular weight is 353 g/mol. The van der Waals surface area contributed by atoms with Crippen LogP contribution in [0.15, 0.2) is 47.4 Å². The van der Waals surface area contributed by atoms with E-state index in [1.165, 1.54) is 18.2 Å². The Morgan fingerprint density at radius 3 is 2.52 bits per heavy atom. The zero-order chi connectivity index (χ0) is 17.0. The van der Waals surface area contributed by atoms with Gasteiger partial charge in [0.2, 0.25) is 0 Å². The third-order valence-corrected chi connectivity index (χ3v) is 5.06. The summed E-state index contributed by atoms with van der Waals surface area (Å²) in [7, 11) is -3.90. The fraction of sp³-hybridized carbons (Fsp3) is 0.188. The molecule has 0 radical (unpaired) electrons. The first-order valence-corrected chi connectivity index (χ1v) is 8.87. The number of nitrogens with one attached hydrogen (secondary N) is 2. The first-order chi connectivity index (χ1) is 10.8. The van der Waals surface area contributed by atoms with E-state index in [2.05, 4.69) is 10.0 Å². The Labute approximate surface area is 140 Å². The third kappa shape index (κ3) is 4.03. The van der Waals surface area contributed by atoms with Crippen LogP contribution < -0.4 is 10.0 Å². The van der Waals surface area contributed by atoms with Crippen LogP contribution in [0.3, 0.4) is 0 Å². The number of carbonyl (C=O) groups excluding carboxylic acids is 1. The number of anilines is 1. The van der Waals surface area contributed by atoms with Crippen molar-refractivity contribution in [1.29, 1.82) is 0 Å². The van der Waals surface area contributed by atoms with E-state index in [0.717, 1.165) is 5.56 Å². The van der Waals surface area contributed by atoms with Gasteiger partial charge in [-0.15, -0.1) is 0 Å². The van der Waals surface area contributed by atoms with Crippen LogP contribution in [0, 0.1) is 6.92 Å². The Balaban J connectivity index is 2.41. The predicted octanol–water partition coefficient (Wildman–Crippen LogP) is 3.20. The van der Waals surface area contributed by atoms with E-state index in [4.69, 9.17) is 11.6 Å². The number of sulfonamides is 1. The number of aryl methyl sites for hydroxylation is 1. The van der Waals surface area contributed by atoms with Crippen molar-refractivity contribution in [3.05, 3.63) is 58.6 Å². The fourth-order valence-corrected chi connectivity index (χ4v) is 3.66. The summed E-state index contributed by atoms with van der Waals surface area (Å²) in [5.41, 5.74) is 1.49. The molecular formula is C16H17ClN2O3S. The molecule has 0 spiro atoms. The van der Waals surface area contributed by atoms with Gasteiger partial charge in [0.1, 0.15) is 4.90 Å². The summed E-state index contributed by atoms with van der Waals surface area (Å²) in [6.45, 7) is 4.03. The third-order valence-electron chi connectivity index (χ3n) is 3.21. The highest BCUT2D eigenvalue weighted by molar-refractivity contribution is 7.92. The second-order valence-electron chi connectivity index (χ2n) is 4.93. The van der Waals surface area contributed by atoms with E-state index < -0.39 is 10.0 Å². The molecule has 23 heavy (non-hydrogen) atoms. The molecule has 2 aromatic carbocycles. The molecule has 7 heteroatoms. The lowest BCUT2D eigenvalue weighted by Crippen LogP contribution is -2.23.